The van der Waals surface area contributed by atoms with Gasteiger partial charge in [-0.05, 0) is 25.0 Å². The van der Waals surface area contributed by atoms with E-state index in [0.29, 0.717) is 5.69 Å². The van der Waals surface area contributed by atoms with Crippen LogP contribution in [0.15, 0.2) is 18.2 Å². The van der Waals surface area contributed by atoms with Gasteiger partial charge in [-0.2, -0.15) is 0 Å². The summed E-state index contributed by atoms with van der Waals surface area (Å²) in [4.78, 5) is 0. The lowest BCUT2D eigenvalue weighted by Crippen LogP contribution is -2.13. The third-order valence-electron chi connectivity index (χ3n) is 1.97. The van der Waals surface area contributed by atoms with E-state index >= 15 is 0 Å². The highest BCUT2D eigenvalue weighted by Gasteiger charge is 2.05. The Labute approximate surface area is 78.1 Å². The molecule has 0 heterocycles. The van der Waals surface area contributed by atoms with Crippen LogP contribution in [0.1, 0.15) is 24.5 Å². The van der Waals surface area contributed by atoms with E-state index in [2.05, 4.69) is 6.92 Å². The van der Waals surface area contributed by atoms with Crippen LogP contribution in [-0.2, 0) is 6.42 Å². The van der Waals surface area contributed by atoms with Gasteiger partial charge in [0.2, 0.25) is 0 Å². The monoisotopic (exact) mass is 181 g/mol. The summed E-state index contributed by atoms with van der Waals surface area (Å²) in [5.74, 6) is 0. The van der Waals surface area contributed by atoms with E-state index < -0.39 is 0 Å². The number of nitrogens with zero attached hydrogens (tertiary/aromatic N) is 1. The molecular formula is C10H15NO2. The minimum Gasteiger partial charge on any atom is -0.264 e. The molecule has 0 spiro atoms. The summed E-state index contributed by atoms with van der Waals surface area (Å²) in [5, 5.41) is 18.0. The van der Waals surface area contributed by atoms with Crippen LogP contribution < -0.4 is 5.23 Å². The lowest BCUT2D eigenvalue weighted by atomic mass is 10.1. The summed E-state index contributed by atoms with van der Waals surface area (Å²) in [6, 6.07) is 5.53. The first-order valence-electron chi connectivity index (χ1n) is 4.42. The van der Waals surface area contributed by atoms with Crippen LogP contribution in [0.4, 0.5) is 5.69 Å². The molecule has 1 rings (SSSR count). The predicted octanol–water partition coefficient (Wildman–Crippen LogP) is 2.53. The van der Waals surface area contributed by atoms with Crippen molar-refractivity contribution in [2.24, 2.45) is 0 Å². The van der Waals surface area contributed by atoms with Gasteiger partial charge in [-0.25, -0.2) is 0 Å². The van der Waals surface area contributed by atoms with Crippen molar-refractivity contribution < 1.29 is 10.4 Å². The molecule has 0 aromatic heterocycles. The molecule has 0 unspecified atom stereocenters. The minimum atomic E-state index is 0.185. The van der Waals surface area contributed by atoms with Gasteiger partial charge in [0, 0.05) is 0 Å². The number of hydrogen-bond donors (Lipinski definition) is 2. The zero-order chi connectivity index (χ0) is 9.84. The van der Waals surface area contributed by atoms with Crippen molar-refractivity contribution in [3.05, 3.63) is 29.3 Å². The van der Waals surface area contributed by atoms with Crippen molar-refractivity contribution in [1.29, 1.82) is 0 Å². The van der Waals surface area contributed by atoms with E-state index in [1.54, 1.807) is 6.07 Å². The zero-order valence-electron chi connectivity index (χ0n) is 7.99. The third kappa shape index (κ3) is 2.44. The van der Waals surface area contributed by atoms with Crippen LogP contribution in [0.2, 0.25) is 0 Å². The largest absolute Gasteiger partial charge is 0.264 e. The average Bonchev–Trinajstić information content (AvgIpc) is 2.04. The third-order valence-corrected chi connectivity index (χ3v) is 1.97. The quantitative estimate of drug-likeness (QED) is 0.704. The van der Waals surface area contributed by atoms with Crippen molar-refractivity contribution in [3.8, 4) is 0 Å². The molecule has 0 aliphatic heterocycles. The molecule has 0 saturated heterocycles. The first-order valence-corrected chi connectivity index (χ1v) is 4.42. The van der Waals surface area contributed by atoms with E-state index in [9.17, 15) is 0 Å². The molecule has 0 saturated carbocycles. The van der Waals surface area contributed by atoms with Gasteiger partial charge in [0.25, 0.3) is 0 Å². The van der Waals surface area contributed by atoms with Crippen LogP contribution in [0, 0.1) is 6.92 Å². The Morgan fingerprint density at radius 2 is 2.00 bits per heavy atom. The lowest BCUT2D eigenvalue weighted by molar-refractivity contribution is 0.0287. The minimum absolute atomic E-state index is 0.185. The van der Waals surface area contributed by atoms with Gasteiger partial charge in [-0.1, -0.05) is 31.0 Å². The molecule has 0 radical (unpaired) electrons. The van der Waals surface area contributed by atoms with Crippen LogP contribution in [0.3, 0.4) is 0 Å². The number of rotatable bonds is 3. The second-order valence-corrected chi connectivity index (χ2v) is 3.17. The van der Waals surface area contributed by atoms with E-state index in [4.69, 9.17) is 10.4 Å². The van der Waals surface area contributed by atoms with E-state index in [1.807, 2.05) is 19.1 Å². The van der Waals surface area contributed by atoms with Crippen molar-refractivity contribution in [1.82, 2.24) is 0 Å². The molecule has 72 valence electrons. The second kappa shape index (κ2) is 4.25. The van der Waals surface area contributed by atoms with Crippen molar-refractivity contribution >= 4 is 5.69 Å². The van der Waals surface area contributed by atoms with Gasteiger partial charge in [-0.3, -0.25) is 10.4 Å². The molecule has 0 atom stereocenters. The lowest BCUT2D eigenvalue weighted by Gasteiger charge is -2.13. The normalized spacial score (nSPS) is 10.2. The Balaban J connectivity index is 3.03. The van der Waals surface area contributed by atoms with Crippen LogP contribution in [0.5, 0.6) is 0 Å². The molecule has 13 heavy (non-hydrogen) atoms. The fourth-order valence-corrected chi connectivity index (χ4v) is 1.38. The summed E-state index contributed by atoms with van der Waals surface area (Å²) in [5.41, 5.74) is 2.56. The van der Waals surface area contributed by atoms with Crippen molar-refractivity contribution in [3.63, 3.8) is 0 Å². The maximum atomic E-state index is 8.91. The van der Waals surface area contributed by atoms with Gasteiger partial charge in [-0.15, -0.1) is 5.23 Å². The maximum absolute atomic E-state index is 8.91. The van der Waals surface area contributed by atoms with Crippen LogP contribution in [0.25, 0.3) is 0 Å². The highest BCUT2D eigenvalue weighted by Crippen LogP contribution is 2.20. The van der Waals surface area contributed by atoms with E-state index in [-0.39, 0.29) is 5.23 Å². The Morgan fingerprint density at radius 1 is 1.31 bits per heavy atom. The summed E-state index contributed by atoms with van der Waals surface area (Å²) < 4.78 is 0. The number of aryl methyl sites for hydroxylation is 2. The Hall–Kier alpha value is -1.06. The van der Waals surface area contributed by atoms with Gasteiger partial charge >= 0.3 is 0 Å². The highest BCUT2D eigenvalue weighted by molar-refractivity contribution is 5.51. The molecule has 0 aliphatic rings. The van der Waals surface area contributed by atoms with Gasteiger partial charge < -0.3 is 0 Å². The number of benzene rings is 1. The molecule has 0 amide bonds. The average molecular weight is 181 g/mol. The first-order chi connectivity index (χ1) is 6.15. The standard InChI is InChI=1S/C10H15NO2/c1-3-4-9-7-8(2)5-6-10(9)11(12)13/h5-7,12-13H,3-4H2,1-2H3. The molecule has 0 bridgehead atoms. The topological polar surface area (TPSA) is 43.7 Å². The van der Waals surface area contributed by atoms with E-state index in [0.717, 1.165) is 24.0 Å². The number of hydrogen-bond acceptors (Lipinski definition) is 3. The SMILES string of the molecule is CCCc1cc(C)ccc1N(O)O. The second-order valence-electron chi connectivity index (χ2n) is 3.17. The van der Waals surface area contributed by atoms with Crippen LogP contribution in [-0.4, -0.2) is 10.4 Å². The smallest absolute Gasteiger partial charge is 0.0974 e. The van der Waals surface area contributed by atoms with Gasteiger partial charge in [0.05, 0.1) is 5.69 Å². The van der Waals surface area contributed by atoms with Crippen molar-refractivity contribution in [2.75, 3.05) is 5.23 Å². The molecule has 1 aromatic rings. The molecule has 0 fully saturated rings. The predicted molar refractivity (Wildman–Crippen MR) is 51.2 cm³/mol. The summed E-state index contributed by atoms with van der Waals surface area (Å²) in [7, 11) is 0. The molecule has 2 N–H and O–H groups in total. The van der Waals surface area contributed by atoms with Gasteiger partial charge in [0.1, 0.15) is 0 Å². The van der Waals surface area contributed by atoms with Crippen LogP contribution >= 0.6 is 0 Å². The molecule has 1 aromatic carbocycles. The maximum Gasteiger partial charge on any atom is 0.0974 e. The molecular weight excluding hydrogens is 166 g/mol. The van der Waals surface area contributed by atoms with Crippen molar-refractivity contribution in [2.45, 2.75) is 26.7 Å². The summed E-state index contributed by atoms with van der Waals surface area (Å²) in [6.07, 6.45) is 1.85. The molecule has 3 nitrogen and oxygen atoms in total. The highest BCUT2D eigenvalue weighted by atomic mass is 16.8. The first kappa shape index (κ1) is 10.0. The summed E-state index contributed by atoms with van der Waals surface area (Å²) >= 11 is 0. The Bertz CT molecular complexity index is 284. The fourth-order valence-electron chi connectivity index (χ4n) is 1.38. The zero-order valence-corrected chi connectivity index (χ0v) is 7.99. The number of anilines is 1. The van der Waals surface area contributed by atoms with Gasteiger partial charge in [0.15, 0.2) is 0 Å². The molecule has 3 heteroatoms. The fraction of sp³-hybridized carbons (Fsp3) is 0.400. The molecule has 0 aliphatic carbocycles. The Kier molecular flexibility index (Phi) is 3.28. The summed E-state index contributed by atoms with van der Waals surface area (Å²) in [6.45, 7) is 4.05. The van der Waals surface area contributed by atoms with E-state index in [1.165, 1.54) is 0 Å². The Morgan fingerprint density at radius 3 is 2.54 bits per heavy atom.